The molecule has 3 heterocycles. The minimum atomic E-state index is -1.15. The highest BCUT2D eigenvalue weighted by molar-refractivity contribution is 5.86. The molecule has 0 aliphatic heterocycles. The Morgan fingerprint density at radius 3 is 2.89 bits per heavy atom. The Kier molecular flexibility index (Phi) is 4.11. The monoisotopic (exact) mass is 384 g/mol. The van der Waals surface area contributed by atoms with Crippen molar-refractivity contribution >= 4 is 17.1 Å². The molecule has 0 spiro atoms. The Morgan fingerprint density at radius 1 is 1.39 bits per heavy atom. The van der Waals surface area contributed by atoms with E-state index < -0.39 is 17.3 Å². The molecule has 3 aromatic heterocycles. The number of nitrogens with one attached hydrogen (secondary N) is 1. The number of halogens is 1. The van der Waals surface area contributed by atoms with Crippen molar-refractivity contribution in [2.45, 2.75) is 6.54 Å². The molecule has 4 rings (SSSR count). The Balaban J connectivity index is 1.75. The number of aromatic nitrogens is 6. The highest BCUT2D eigenvalue weighted by Gasteiger charge is 2.14. The lowest BCUT2D eigenvalue weighted by Crippen LogP contribution is -2.15. The van der Waals surface area contributed by atoms with Crippen LogP contribution in [0.1, 0.15) is 15.9 Å². The van der Waals surface area contributed by atoms with Crippen molar-refractivity contribution in [2.24, 2.45) is 0 Å². The number of carboxylic acids is 1. The van der Waals surface area contributed by atoms with E-state index in [1.165, 1.54) is 31.8 Å². The summed E-state index contributed by atoms with van der Waals surface area (Å²) >= 11 is 0. The quantitative estimate of drug-likeness (QED) is 0.529. The average Bonchev–Trinajstić information content (AvgIpc) is 3.30. The summed E-state index contributed by atoms with van der Waals surface area (Å²) in [5.74, 6) is -1.49. The first-order chi connectivity index (χ1) is 13.5. The van der Waals surface area contributed by atoms with E-state index in [0.717, 1.165) is 10.9 Å². The van der Waals surface area contributed by atoms with Gasteiger partial charge in [0.05, 0.1) is 31.7 Å². The summed E-state index contributed by atoms with van der Waals surface area (Å²) in [6, 6.07) is 4.52. The smallest absolute Gasteiger partial charge is 0.338 e. The summed E-state index contributed by atoms with van der Waals surface area (Å²) < 4.78 is 21.6. The summed E-state index contributed by atoms with van der Waals surface area (Å²) in [6.45, 7) is 0.215. The number of hydrogen-bond donors (Lipinski definition) is 2. The molecule has 11 heteroatoms. The number of fused-ring (bicyclic) bond motifs is 1. The molecular formula is C17H13FN6O4. The number of rotatable bonds is 5. The van der Waals surface area contributed by atoms with Crippen molar-refractivity contribution in [2.75, 3.05) is 7.11 Å². The molecule has 142 valence electrons. The van der Waals surface area contributed by atoms with Gasteiger partial charge in [-0.1, -0.05) is 6.07 Å². The molecule has 28 heavy (non-hydrogen) atoms. The van der Waals surface area contributed by atoms with Gasteiger partial charge in [-0.15, -0.1) is 0 Å². The van der Waals surface area contributed by atoms with Crippen molar-refractivity contribution in [3.05, 3.63) is 64.2 Å². The number of H-pyrrole nitrogens is 1. The van der Waals surface area contributed by atoms with E-state index in [0.29, 0.717) is 5.56 Å². The van der Waals surface area contributed by atoms with Gasteiger partial charge >= 0.3 is 5.97 Å². The molecule has 0 saturated carbocycles. The zero-order chi connectivity index (χ0) is 19.8. The average molecular weight is 384 g/mol. The molecule has 0 aliphatic rings. The maximum Gasteiger partial charge on any atom is 0.338 e. The van der Waals surface area contributed by atoms with Crippen molar-refractivity contribution < 1.29 is 19.0 Å². The van der Waals surface area contributed by atoms with Crippen LogP contribution in [0.2, 0.25) is 0 Å². The Bertz CT molecular complexity index is 1260. The number of ether oxygens (including phenoxy) is 1. The van der Waals surface area contributed by atoms with Gasteiger partial charge in [0.2, 0.25) is 5.95 Å². The number of nitrogens with zero attached hydrogens (tertiary/aromatic N) is 5. The van der Waals surface area contributed by atoms with Crippen molar-refractivity contribution in [1.82, 2.24) is 29.3 Å². The summed E-state index contributed by atoms with van der Waals surface area (Å²) in [5.41, 5.74) is 0.413. The van der Waals surface area contributed by atoms with Gasteiger partial charge in [-0.2, -0.15) is 10.1 Å². The molecule has 0 saturated heterocycles. The van der Waals surface area contributed by atoms with Crippen LogP contribution < -0.4 is 10.3 Å². The van der Waals surface area contributed by atoms with E-state index in [1.807, 2.05) is 0 Å². The minimum Gasteiger partial charge on any atom is -0.494 e. The predicted molar refractivity (Wildman–Crippen MR) is 94.3 cm³/mol. The molecule has 0 bridgehead atoms. The number of carboxylic acid groups (broad SMARTS) is 1. The molecule has 1 aromatic carbocycles. The van der Waals surface area contributed by atoms with Crippen LogP contribution in [0.3, 0.4) is 0 Å². The van der Waals surface area contributed by atoms with Crippen LogP contribution in [0.25, 0.3) is 17.1 Å². The fourth-order valence-electron chi connectivity index (χ4n) is 2.72. The van der Waals surface area contributed by atoms with Crippen LogP contribution in [-0.4, -0.2) is 47.5 Å². The Hall–Kier alpha value is -4.02. The lowest BCUT2D eigenvalue weighted by molar-refractivity contribution is 0.0697. The van der Waals surface area contributed by atoms with E-state index in [-0.39, 0.29) is 35.0 Å². The van der Waals surface area contributed by atoms with E-state index in [4.69, 9.17) is 9.84 Å². The van der Waals surface area contributed by atoms with Crippen LogP contribution >= 0.6 is 0 Å². The number of carbonyl (C=O) groups is 1. The number of benzene rings is 1. The maximum atomic E-state index is 13.9. The molecule has 10 nitrogen and oxygen atoms in total. The van der Waals surface area contributed by atoms with Crippen molar-refractivity contribution in [1.29, 1.82) is 0 Å². The highest BCUT2D eigenvalue weighted by Crippen LogP contribution is 2.19. The Labute approximate surface area is 155 Å². The first-order valence-corrected chi connectivity index (χ1v) is 8.02. The fraction of sp³-hybridized carbons (Fsp3) is 0.118. The molecular weight excluding hydrogens is 371 g/mol. The van der Waals surface area contributed by atoms with Gasteiger partial charge < -0.3 is 14.4 Å². The van der Waals surface area contributed by atoms with Gasteiger partial charge in [0.1, 0.15) is 0 Å². The maximum absolute atomic E-state index is 13.9. The zero-order valence-electron chi connectivity index (χ0n) is 14.5. The van der Waals surface area contributed by atoms with Gasteiger partial charge in [-0.25, -0.2) is 18.9 Å². The predicted octanol–water partition coefficient (Wildman–Crippen LogP) is 1.20. The second kappa shape index (κ2) is 6.61. The number of imidazole rings is 1. The van der Waals surface area contributed by atoms with Crippen LogP contribution in [0.5, 0.6) is 5.75 Å². The summed E-state index contributed by atoms with van der Waals surface area (Å²) in [6.07, 6.45) is 3.79. The molecule has 0 radical (unpaired) electrons. The van der Waals surface area contributed by atoms with Crippen molar-refractivity contribution in [3.8, 4) is 11.7 Å². The van der Waals surface area contributed by atoms with E-state index >= 15 is 0 Å². The molecule has 0 aliphatic carbocycles. The topological polar surface area (TPSA) is 128 Å². The van der Waals surface area contributed by atoms with E-state index in [2.05, 4.69) is 20.1 Å². The standard InChI is InChI=1S/C17H13FN6O4/c1-28-12-3-2-9(4-11(12)18)6-23-8-19-13-14(23)21-17(22-15(13)25)24-7-10(5-20-24)16(26)27/h2-5,7-8H,6H2,1H3,(H,26,27)(H,21,22,25). The third-order valence-electron chi connectivity index (χ3n) is 4.08. The van der Waals surface area contributed by atoms with Gasteiger partial charge in [0.15, 0.2) is 22.7 Å². The summed E-state index contributed by atoms with van der Waals surface area (Å²) in [5, 5.41) is 12.9. The van der Waals surface area contributed by atoms with Crippen LogP contribution in [0.4, 0.5) is 4.39 Å². The first-order valence-electron chi connectivity index (χ1n) is 8.02. The lowest BCUT2D eigenvalue weighted by atomic mass is 10.2. The number of aromatic carboxylic acids is 1. The fourth-order valence-corrected chi connectivity index (χ4v) is 2.72. The third-order valence-corrected chi connectivity index (χ3v) is 4.08. The van der Waals surface area contributed by atoms with Crippen LogP contribution in [-0.2, 0) is 6.54 Å². The lowest BCUT2D eigenvalue weighted by Gasteiger charge is -2.07. The zero-order valence-corrected chi connectivity index (χ0v) is 14.5. The molecule has 0 unspecified atom stereocenters. The van der Waals surface area contributed by atoms with Gasteiger partial charge in [0, 0.05) is 6.20 Å². The number of aromatic amines is 1. The van der Waals surface area contributed by atoms with E-state index in [9.17, 15) is 14.0 Å². The van der Waals surface area contributed by atoms with Crippen molar-refractivity contribution in [3.63, 3.8) is 0 Å². The van der Waals surface area contributed by atoms with Crippen LogP contribution in [0.15, 0.2) is 41.7 Å². The second-order valence-corrected chi connectivity index (χ2v) is 5.88. The molecule has 0 fully saturated rings. The number of methoxy groups -OCH3 is 1. The van der Waals surface area contributed by atoms with Gasteiger partial charge in [-0.3, -0.25) is 9.78 Å². The normalized spacial score (nSPS) is 11.1. The molecule has 0 atom stereocenters. The summed E-state index contributed by atoms with van der Waals surface area (Å²) in [4.78, 5) is 34.2. The molecule has 4 aromatic rings. The number of hydrogen-bond acceptors (Lipinski definition) is 6. The summed E-state index contributed by atoms with van der Waals surface area (Å²) in [7, 11) is 1.38. The largest absolute Gasteiger partial charge is 0.494 e. The Morgan fingerprint density at radius 2 is 2.21 bits per heavy atom. The van der Waals surface area contributed by atoms with E-state index in [1.54, 1.807) is 10.6 Å². The second-order valence-electron chi connectivity index (χ2n) is 5.88. The SMILES string of the molecule is COc1ccc(Cn2cnc3c(=O)[nH]c(-n4cc(C(=O)O)cn4)nc32)cc1F. The minimum absolute atomic E-state index is 0.0349. The van der Waals surface area contributed by atoms with Crippen LogP contribution in [0, 0.1) is 5.82 Å². The molecule has 2 N–H and O–H groups in total. The third kappa shape index (κ3) is 2.98. The van der Waals surface area contributed by atoms with Gasteiger partial charge in [-0.05, 0) is 17.7 Å². The van der Waals surface area contributed by atoms with Gasteiger partial charge in [0.25, 0.3) is 5.56 Å². The molecule has 0 amide bonds. The first kappa shape index (κ1) is 17.4. The highest BCUT2D eigenvalue weighted by atomic mass is 19.1.